The van der Waals surface area contributed by atoms with Crippen LogP contribution in [-0.2, 0) is 10.0 Å². The van der Waals surface area contributed by atoms with Crippen molar-refractivity contribution < 1.29 is 17.9 Å². The van der Waals surface area contributed by atoms with E-state index < -0.39 is 10.0 Å². The fraction of sp³-hybridized carbons (Fsp3) is 0.480. The summed E-state index contributed by atoms with van der Waals surface area (Å²) < 4.78 is 33.6. The highest BCUT2D eigenvalue weighted by Gasteiger charge is 2.33. The molecule has 33 heavy (non-hydrogen) atoms. The molecule has 2 N–H and O–H groups in total. The van der Waals surface area contributed by atoms with Crippen molar-refractivity contribution in [3.63, 3.8) is 0 Å². The van der Waals surface area contributed by atoms with E-state index in [9.17, 15) is 13.2 Å². The SMILES string of the molecule is CCCCOc1ccc(NC(=O)NCCC2CCCCN2S(=O)(=O)c2ccc(C)cc2)cc1. The Morgan fingerprint density at radius 3 is 2.52 bits per heavy atom. The monoisotopic (exact) mass is 473 g/mol. The first-order valence-corrected chi connectivity index (χ1v) is 13.2. The quantitative estimate of drug-likeness (QED) is 0.479. The van der Waals surface area contributed by atoms with E-state index in [1.165, 1.54) is 0 Å². The first-order valence-electron chi connectivity index (χ1n) is 11.8. The average molecular weight is 474 g/mol. The lowest BCUT2D eigenvalue weighted by Crippen LogP contribution is -2.45. The number of benzene rings is 2. The molecular weight excluding hydrogens is 438 g/mol. The Kier molecular flexibility index (Phi) is 9.14. The van der Waals surface area contributed by atoms with Crippen LogP contribution in [-0.4, -0.2) is 44.5 Å². The summed E-state index contributed by atoms with van der Waals surface area (Å²) in [6.45, 7) is 5.65. The fourth-order valence-corrected chi connectivity index (χ4v) is 5.64. The summed E-state index contributed by atoms with van der Waals surface area (Å²) in [5, 5.41) is 5.66. The summed E-state index contributed by atoms with van der Waals surface area (Å²) in [6.07, 6.45) is 5.30. The molecule has 1 heterocycles. The topological polar surface area (TPSA) is 87.7 Å². The van der Waals surface area contributed by atoms with Gasteiger partial charge in [-0.25, -0.2) is 13.2 Å². The highest BCUT2D eigenvalue weighted by molar-refractivity contribution is 7.89. The largest absolute Gasteiger partial charge is 0.494 e. The highest BCUT2D eigenvalue weighted by atomic mass is 32.2. The third-order valence-electron chi connectivity index (χ3n) is 5.84. The van der Waals surface area contributed by atoms with Crippen LogP contribution < -0.4 is 15.4 Å². The molecule has 1 aliphatic rings. The van der Waals surface area contributed by atoms with E-state index in [1.54, 1.807) is 28.6 Å². The maximum atomic E-state index is 13.2. The first kappa shape index (κ1) is 25.1. The third kappa shape index (κ3) is 7.20. The zero-order valence-corrected chi connectivity index (χ0v) is 20.4. The Morgan fingerprint density at radius 2 is 1.82 bits per heavy atom. The molecule has 8 heteroatoms. The van der Waals surface area contributed by atoms with Crippen molar-refractivity contribution in [1.82, 2.24) is 9.62 Å². The van der Waals surface area contributed by atoms with Gasteiger partial charge in [-0.3, -0.25) is 0 Å². The summed E-state index contributed by atoms with van der Waals surface area (Å²) in [4.78, 5) is 12.6. The van der Waals surface area contributed by atoms with Gasteiger partial charge in [-0.15, -0.1) is 0 Å². The van der Waals surface area contributed by atoms with Crippen LogP contribution in [0.4, 0.5) is 10.5 Å². The second-order valence-electron chi connectivity index (χ2n) is 8.47. The van der Waals surface area contributed by atoms with Crippen molar-refractivity contribution in [1.29, 1.82) is 0 Å². The van der Waals surface area contributed by atoms with E-state index in [-0.39, 0.29) is 12.1 Å². The van der Waals surface area contributed by atoms with Crippen LogP contribution in [0.3, 0.4) is 0 Å². The summed E-state index contributed by atoms with van der Waals surface area (Å²) in [7, 11) is -3.55. The van der Waals surface area contributed by atoms with E-state index in [0.717, 1.165) is 43.4 Å². The van der Waals surface area contributed by atoms with Gasteiger partial charge in [-0.1, -0.05) is 37.5 Å². The zero-order chi connectivity index (χ0) is 23.7. The van der Waals surface area contributed by atoms with Gasteiger partial charge in [0.05, 0.1) is 11.5 Å². The Labute approximate surface area is 197 Å². The van der Waals surface area contributed by atoms with Gasteiger partial charge in [0.2, 0.25) is 10.0 Å². The molecule has 7 nitrogen and oxygen atoms in total. The predicted octanol–water partition coefficient (Wildman–Crippen LogP) is 4.93. The molecular formula is C25H35N3O4S. The Hall–Kier alpha value is -2.58. The molecule has 2 amide bonds. The molecule has 0 aliphatic carbocycles. The maximum Gasteiger partial charge on any atom is 0.319 e. The minimum Gasteiger partial charge on any atom is -0.494 e. The van der Waals surface area contributed by atoms with Crippen LogP contribution >= 0.6 is 0 Å². The Balaban J connectivity index is 1.50. The van der Waals surface area contributed by atoms with Crippen molar-refractivity contribution in [3.8, 4) is 5.75 Å². The molecule has 180 valence electrons. The van der Waals surface area contributed by atoms with Crippen LogP contribution in [0.15, 0.2) is 53.4 Å². The number of aryl methyl sites for hydroxylation is 1. The molecule has 1 unspecified atom stereocenters. The van der Waals surface area contributed by atoms with Gasteiger partial charge in [0, 0.05) is 24.8 Å². The first-order chi connectivity index (χ1) is 15.9. The maximum absolute atomic E-state index is 13.2. The van der Waals surface area contributed by atoms with Crippen LogP contribution in [0.25, 0.3) is 0 Å². The van der Waals surface area contributed by atoms with Gasteiger partial charge in [0.25, 0.3) is 0 Å². The number of carbonyl (C=O) groups excluding carboxylic acids is 1. The molecule has 1 fully saturated rings. The van der Waals surface area contributed by atoms with Crippen LogP contribution in [0.5, 0.6) is 5.75 Å². The summed E-state index contributed by atoms with van der Waals surface area (Å²) >= 11 is 0. The van der Waals surface area contributed by atoms with E-state index in [0.29, 0.717) is 36.7 Å². The van der Waals surface area contributed by atoms with Gasteiger partial charge in [0.15, 0.2) is 0 Å². The summed E-state index contributed by atoms with van der Waals surface area (Å²) in [5.74, 6) is 0.779. The smallest absolute Gasteiger partial charge is 0.319 e. The molecule has 0 aromatic heterocycles. The van der Waals surface area contributed by atoms with Gasteiger partial charge < -0.3 is 15.4 Å². The number of nitrogens with one attached hydrogen (secondary N) is 2. The number of hydrogen-bond donors (Lipinski definition) is 2. The number of amides is 2. The third-order valence-corrected chi connectivity index (χ3v) is 7.81. The number of rotatable bonds is 10. The molecule has 1 aliphatic heterocycles. The second-order valence-corrected chi connectivity index (χ2v) is 10.4. The Morgan fingerprint density at radius 1 is 1.09 bits per heavy atom. The number of unbranched alkanes of at least 4 members (excludes halogenated alkanes) is 1. The van der Waals surface area contributed by atoms with E-state index in [1.807, 2.05) is 31.2 Å². The van der Waals surface area contributed by atoms with Gasteiger partial charge in [0.1, 0.15) is 5.75 Å². The van der Waals surface area contributed by atoms with Crippen molar-refractivity contribution in [3.05, 3.63) is 54.1 Å². The number of ether oxygens (including phenoxy) is 1. The molecule has 0 saturated carbocycles. The van der Waals surface area contributed by atoms with E-state index >= 15 is 0 Å². The van der Waals surface area contributed by atoms with Crippen LogP contribution in [0, 0.1) is 6.92 Å². The number of nitrogens with zero attached hydrogens (tertiary/aromatic N) is 1. The van der Waals surface area contributed by atoms with Crippen LogP contribution in [0.1, 0.15) is 51.0 Å². The lowest BCUT2D eigenvalue weighted by atomic mass is 10.0. The number of hydrogen-bond acceptors (Lipinski definition) is 4. The lowest BCUT2D eigenvalue weighted by Gasteiger charge is -2.34. The molecule has 0 radical (unpaired) electrons. The van der Waals surface area contributed by atoms with Crippen LogP contribution in [0.2, 0.25) is 0 Å². The van der Waals surface area contributed by atoms with Crippen molar-refractivity contribution >= 4 is 21.7 Å². The molecule has 1 atom stereocenters. The van der Waals surface area contributed by atoms with Crippen molar-refractivity contribution in [2.24, 2.45) is 0 Å². The van der Waals surface area contributed by atoms with Gasteiger partial charge in [-0.2, -0.15) is 4.31 Å². The average Bonchev–Trinajstić information content (AvgIpc) is 2.81. The van der Waals surface area contributed by atoms with Crippen molar-refractivity contribution in [2.45, 2.75) is 63.3 Å². The highest BCUT2D eigenvalue weighted by Crippen LogP contribution is 2.27. The number of carbonyl (C=O) groups is 1. The predicted molar refractivity (Wildman–Crippen MR) is 131 cm³/mol. The van der Waals surface area contributed by atoms with Gasteiger partial charge in [-0.05, 0) is 69.0 Å². The number of sulfonamides is 1. The molecule has 0 bridgehead atoms. The minimum atomic E-state index is -3.55. The summed E-state index contributed by atoms with van der Waals surface area (Å²) in [6, 6.07) is 13.8. The zero-order valence-electron chi connectivity index (χ0n) is 19.5. The van der Waals surface area contributed by atoms with Gasteiger partial charge >= 0.3 is 6.03 Å². The molecule has 1 saturated heterocycles. The molecule has 0 spiro atoms. The second kappa shape index (κ2) is 12.0. The standard InChI is InChI=1S/C25H35N3O4S/c1-3-4-19-32-23-12-10-21(11-13-23)27-25(29)26-17-16-22-7-5-6-18-28(22)33(30,31)24-14-8-20(2)9-15-24/h8-15,22H,3-7,16-19H2,1-2H3,(H2,26,27,29). The number of urea groups is 1. The Bertz CT molecular complexity index is 991. The minimum absolute atomic E-state index is 0.120. The lowest BCUT2D eigenvalue weighted by molar-refractivity contribution is 0.234. The van der Waals surface area contributed by atoms with Crippen molar-refractivity contribution in [2.75, 3.05) is 25.0 Å². The number of piperidine rings is 1. The molecule has 2 aromatic rings. The van der Waals surface area contributed by atoms with E-state index in [4.69, 9.17) is 4.74 Å². The normalized spacial score (nSPS) is 16.8. The van der Waals surface area contributed by atoms with E-state index in [2.05, 4.69) is 17.6 Å². The molecule has 2 aromatic carbocycles. The molecule has 3 rings (SSSR count). The summed E-state index contributed by atoms with van der Waals surface area (Å²) in [5.41, 5.74) is 1.70. The fourth-order valence-electron chi connectivity index (χ4n) is 3.92. The number of anilines is 1.